The van der Waals surface area contributed by atoms with Crippen molar-refractivity contribution < 1.29 is 23.8 Å². The first kappa shape index (κ1) is 21.0. The van der Waals surface area contributed by atoms with Crippen molar-refractivity contribution in [2.24, 2.45) is 0 Å². The van der Waals surface area contributed by atoms with Crippen LogP contribution in [0.3, 0.4) is 0 Å². The maximum Gasteiger partial charge on any atom is 0.343 e. The highest BCUT2D eigenvalue weighted by Crippen LogP contribution is 2.34. The van der Waals surface area contributed by atoms with Crippen molar-refractivity contribution in [2.75, 3.05) is 18.7 Å². The van der Waals surface area contributed by atoms with Gasteiger partial charge in [0.1, 0.15) is 10.7 Å². The Morgan fingerprint density at radius 2 is 1.94 bits per heavy atom. The lowest BCUT2D eigenvalue weighted by Crippen LogP contribution is -2.21. The summed E-state index contributed by atoms with van der Waals surface area (Å²) in [6, 6.07) is 12.2. The van der Waals surface area contributed by atoms with Crippen LogP contribution in [0.4, 0.5) is 5.69 Å². The first-order chi connectivity index (χ1) is 14.9. The second-order valence-corrected chi connectivity index (χ2v) is 7.46. The summed E-state index contributed by atoms with van der Waals surface area (Å²) in [5.41, 5.74) is 1.78. The zero-order valence-corrected chi connectivity index (χ0v) is 17.9. The average molecular weight is 462 g/mol. The van der Waals surface area contributed by atoms with Crippen molar-refractivity contribution in [1.29, 1.82) is 0 Å². The molecule has 4 rings (SSSR count). The van der Waals surface area contributed by atoms with Gasteiger partial charge in [-0.2, -0.15) is 5.10 Å². The number of rotatable bonds is 6. The van der Waals surface area contributed by atoms with Gasteiger partial charge in [-0.05, 0) is 30.7 Å². The van der Waals surface area contributed by atoms with Gasteiger partial charge in [0.05, 0.1) is 12.2 Å². The fourth-order valence-corrected chi connectivity index (χ4v) is 3.56. The molecule has 3 aromatic rings. The van der Waals surface area contributed by atoms with Gasteiger partial charge < -0.3 is 19.5 Å². The highest BCUT2D eigenvalue weighted by molar-refractivity contribution is 6.33. The zero-order valence-electron chi connectivity index (χ0n) is 16.4. The molecule has 0 saturated carbocycles. The number of anilines is 1. The van der Waals surface area contributed by atoms with Crippen LogP contribution in [-0.2, 0) is 16.1 Å². The van der Waals surface area contributed by atoms with E-state index < -0.39 is 18.5 Å². The molecule has 0 saturated heterocycles. The van der Waals surface area contributed by atoms with Gasteiger partial charge in [0.15, 0.2) is 18.1 Å². The van der Waals surface area contributed by atoms with E-state index in [9.17, 15) is 9.59 Å². The Morgan fingerprint density at radius 1 is 1.16 bits per heavy atom. The number of benzene rings is 2. The lowest BCUT2D eigenvalue weighted by Gasteiger charge is -2.08. The molecule has 0 spiro atoms. The predicted octanol–water partition coefficient (Wildman–Crippen LogP) is 4.07. The number of hydrogen-bond acceptors (Lipinski definition) is 6. The number of nitrogens with zero attached hydrogens (tertiary/aromatic N) is 2. The Bertz CT molecular complexity index is 1160. The van der Waals surface area contributed by atoms with Crippen LogP contribution in [-0.4, -0.2) is 35.1 Å². The largest absolute Gasteiger partial charge is 0.454 e. The number of fused-ring (bicyclic) bond motifs is 1. The summed E-state index contributed by atoms with van der Waals surface area (Å²) in [7, 11) is 0. The van der Waals surface area contributed by atoms with Crippen LogP contribution >= 0.6 is 23.2 Å². The number of carbonyl (C=O) groups excluding carboxylic acids is 2. The number of halogens is 2. The molecule has 0 atom stereocenters. The van der Waals surface area contributed by atoms with E-state index >= 15 is 0 Å². The van der Waals surface area contributed by atoms with Gasteiger partial charge in [0, 0.05) is 16.8 Å². The van der Waals surface area contributed by atoms with Gasteiger partial charge >= 0.3 is 5.97 Å². The minimum Gasteiger partial charge on any atom is -0.454 e. The number of amides is 1. The van der Waals surface area contributed by atoms with Crippen molar-refractivity contribution in [2.45, 2.75) is 13.5 Å². The first-order valence-electron chi connectivity index (χ1n) is 9.25. The van der Waals surface area contributed by atoms with Crippen molar-refractivity contribution in [1.82, 2.24) is 9.78 Å². The third-order valence-electron chi connectivity index (χ3n) is 4.54. The normalized spacial score (nSPS) is 12.0. The van der Waals surface area contributed by atoms with Gasteiger partial charge in [-0.15, -0.1) is 0 Å². The molecule has 0 unspecified atom stereocenters. The van der Waals surface area contributed by atoms with E-state index in [1.165, 1.54) is 4.68 Å². The molecular weight excluding hydrogens is 445 g/mol. The molecule has 1 N–H and O–H groups in total. The van der Waals surface area contributed by atoms with Crippen molar-refractivity contribution in [3.05, 3.63) is 69.5 Å². The molecule has 2 heterocycles. The number of ether oxygens (including phenoxy) is 3. The maximum absolute atomic E-state index is 12.5. The van der Waals surface area contributed by atoms with Gasteiger partial charge in [0.25, 0.3) is 5.91 Å². The molecule has 1 aliphatic heterocycles. The van der Waals surface area contributed by atoms with E-state index in [2.05, 4.69) is 10.4 Å². The molecule has 8 nitrogen and oxygen atoms in total. The van der Waals surface area contributed by atoms with Crippen LogP contribution in [0, 0.1) is 6.92 Å². The van der Waals surface area contributed by atoms with Crippen molar-refractivity contribution in [3.8, 4) is 11.5 Å². The summed E-state index contributed by atoms with van der Waals surface area (Å²) < 4.78 is 17.1. The fraction of sp³-hybridized carbons (Fsp3) is 0.190. The molecular formula is C21H17Cl2N3O5. The minimum atomic E-state index is -0.742. The summed E-state index contributed by atoms with van der Waals surface area (Å²) in [6.45, 7) is 1.57. The van der Waals surface area contributed by atoms with E-state index in [4.69, 9.17) is 37.4 Å². The molecule has 31 heavy (non-hydrogen) atoms. The lowest BCUT2D eigenvalue weighted by molar-refractivity contribution is -0.119. The summed E-state index contributed by atoms with van der Waals surface area (Å²) in [4.78, 5) is 24.7. The van der Waals surface area contributed by atoms with Crippen LogP contribution in [0.25, 0.3) is 0 Å². The quantitative estimate of drug-likeness (QED) is 0.556. The Morgan fingerprint density at radius 3 is 2.74 bits per heavy atom. The van der Waals surface area contributed by atoms with Crippen LogP contribution < -0.4 is 14.8 Å². The van der Waals surface area contributed by atoms with Crippen LogP contribution in [0.1, 0.15) is 21.6 Å². The molecule has 0 radical (unpaired) electrons. The molecule has 1 aliphatic rings. The molecule has 2 aromatic carbocycles. The molecule has 0 aliphatic carbocycles. The van der Waals surface area contributed by atoms with Crippen LogP contribution in [0.2, 0.25) is 10.2 Å². The number of hydrogen-bond donors (Lipinski definition) is 1. The summed E-state index contributed by atoms with van der Waals surface area (Å²) >= 11 is 12.5. The molecule has 10 heteroatoms. The highest BCUT2D eigenvalue weighted by Gasteiger charge is 2.23. The van der Waals surface area contributed by atoms with Gasteiger partial charge in [-0.3, -0.25) is 4.79 Å². The smallest absolute Gasteiger partial charge is 0.343 e. The second-order valence-electron chi connectivity index (χ2n) is 6.69. The number of aromatic nitrogens is 2. The minimum absolute atomic E-state index is 0.101. The molecule has 160 valence electrons. The number of nitrogens with one attached hydrogen (secondary N) is 1. The summed E-state index contributed by atoms with van der Waals surface area (Å²) in [5.74, 6) is -0.121. The summed E-state index contributed by atoms with van der Waals surface area (Å²) in [5, 5.41) is 7.60. The van der Waals surface area contributed by atoms with Gasteiger partial charge in [0.2, 0.25) is 6.79 Å². The standard InChI is InChI=1S/C21H17Cl2N3O5/c1-12-19(20(23)26(25-12)9-13-4-2-3-5-15(13)22)21(28)29-10-18(27)24-14-6-7-16-17(8-14)31-11-30-16/h2-8H,9-11H2,1H3,(H,24,27). The maximum atomic E-state index is 12.5. The molecule has 0 fully saturated rings. The van der Waals surface area contributed by atoms with E-state index in [1.807, 2.05) is 18.2 Å². The number of carbonyl (C=O) groups is 2. The predicted molar refractivity (Wildman–Crippen MR) is 114 cm³/mol. The van der Waals surface area contributed by atoms with Gasteiger partial charge in [-0.25, -0.2) is 9.48 Å². The monoisotopic (exact) mass is 461 g/mol. The Balaban J connectivity index is 1.39. The SMILES string of the molecule is Cc1nn(Cc2ccccc2Cl)c(Cl)c1C(=O)OCC(=O)Nc1ccc2c(c1)OCO2. The van der Waals surface area contributed by atoms with Crippen LogP contribution in [0.15, 0.2) is 42.5 Å². The summed E-state index contributed by atoms with van der Waals surface area (Å²) in [6.07, 6.45) is 0. The Labute approximate surface area is 187 Å². The molecule has 1 aromatic heterocycles. The Hall–Kier alpha value is -3.23. The first-order valence-corrected chi connectivity index (χ1v) is 10.0. The van der Waals surface area contributed by atoms with Crippen molar-refractivity contribution in [3.63, 3.8) is 0 Å². The fourth-order valence-electron chi connectivity index (χ4n) is 3.05. The Kier molecular flexibility index (Phi) is 6.01. The third-order valence-corrected chi connectivity index (χ3v) is 5.29. The topological polar surface area (TPSA) is 91.7 Å². The number of aryl methyl sites for hydroxylation is 1. The molecule has 1 amide bonds. The van der Waals surface area contributed by atoms with Gasteiger partial charge in [-0.1, -0.05) is 41.4 Å². The molecule has 0 bridgehead atoms. The lowest BCUT2D eigenvalue weighted by atomic mass is 10.2. The van der Waals surface area contributed by atoms with E-state index in [-0.39, 0.29) is 24.1 Å². The average Bonchev–Trinajstić information content (AvgIpc) is 3.31. The number of esters is 1. The van der Waals surface area contributed by atoms with Crippen molar-refractivity contribution >= 4 is 40.8 Å². The third kappa shape index (κ3) is 4.60. The van der Waals surface area contributed by atoms with Crippen LogP contribution in [0.5, 0.6) is 11.5 Å². The van der Waals surface area contributed by atoms with E-state index in [1.54, 1.807) is 31.2 Å². The van der Waals surface area contributed by atoms with E-state index in [0.29, 0.717) is 27.9 Å². The highest BCUT2D eigenvalue weighted by atomic mass is 35.5. The van der Waals surface area contributed by atoms with E-state index in [0.717, 1.165) is 5.56 Å². The second kappa shape index (κ2) is 8.87. The zero-order chi connectivity index (χ0) is 22.0.